The smallest absolute Gasteiger partial charge is 0.416 e. The van der Waals surface area contributed by atoms with Crippen molar-refractivity contribution in [2.24, 2.45) is 0 Å². The molecule has 29 heavy (non-hydrogen) atoms. The Kier molecular flexibility index (Phi) is 6.21. The van der Waals surface area contributed by atoms with E-state index in [2.05, 4.69) is 10.4 Å². The van der Waals surface area contributed by atoms with Gasteiger partial charge in [0.25, 0.3) is 5.91 Å². The van der Waals surface area contributed by atoms with Crippen LogP contribution in [0.25, 0.3) is 0 Å². The van der Waals surface area contributed by atoms with Gasteiger partial charge in [-0.25, -0.2) is 4.68 Å². The van der Waals surface area contributed by atoms with Crippen molar-refractivity contribution < 1.29 is 22.7 Å². The maximum atomic E-state index is 12.8. The van der Waals surface area contributed by atoms with Crippen LogP contribution in [-0.2, 0) is 12.9 Å². The molecule has 5 nitrogen and oxygen atoms in total. The Morgan fingerprint density at radius 1 is 1.14 bits per heavy atom. The standard InChI is InChI=1S/C21H20F3N3O2/c1-2-18(15-7-4-3-5-8-15)25-20(28)19-11-12-27(26-19)14-29-17-10-6-9-16(13-17)21(22,23)24/h3-13,18H,2,14H2,1H3,(H,25,28). The maximum absolute atomic E-state index is 12.8. The molecular weight excluding hydrogens is 383 g/mol. The van der Waals surface area contributed by atoms with E-state index in [1.807, 2.05) is 37.3 Å². The highest BCUT2D eigenvalue weighted by molar-refractivity contribution is 5.92. The van der Waals surface area contributed by atoms with Crippen LogP contribution < -0.4 is 10.1 Å². The molecule has 152 valence electrons. The molecule has 0 aliphatic carbocycles. The summed E-state index contributed by atoms with van der Waals surface area (Å²) >= 11 is 0. The van der Waals surface area contributed by atoms with Crippen LogP contribution in [0.5, 0.6) is 5.75 Å². The number of hydrogen-bond donors (Lipinski definition) is 1. The number of hydrogen-bond acceptors (Lipinski definition) is 3. The third kappa shape index (κ3) is 5.37. The van der Waals surface area contributed by atoms with E-state index in [1.165, 1.54) is 29.1 Å². The maximum Gasteiger partial charge on any atom is 0.416 e. The van der Waals surface area contributed by atoms with Crippen LogP contribution in [0, 0.1) is 0 Å². The van der Waals surface area contributed by atoms with Crippen LogP contribution in [0.2, 0.25) is 0 Å². The van der Waals surface area contributed by atoms with Crippen molar-refractivity contribution in [1.82, 2.24) is 15.1 Å². The van der Waals surface area contributed by atoms with E-state index in [-0.39, 0.29) is 30.1 Å². The summed E-state index contributed by atoms with van der Waals surface area (Å²) in [6.45, 7) is 1.85. The molecule has 0 spiro atoms. The topological polar surface area (TPSA) is 56.2 Å². The fourth-order valence-electron chi connectivity index (χ4n) is 2.80. The van der Waals surface area contributed by atoms with Crippen LogP contribution in [0.3, 0.4) is 0 Å². The third-order valence-corrected chi connectivity index (χ3v) is 4.31. The van der Waals surface area contributed by atoms with Gasteiger partial charge in [0.05, 0.1) is 11.6 Å². The van der Waals surface area contributed by atoms with Crippen LogP contribution in [0.4, 0.5) is 13.2 Å². The number of ether oxygens (including phenoxy) is 1. The van der Waals surface area contributed by atoms with E-state index < -0.39 is 11.7 Å². The van der Waals surface area contributed by atoms with Crippen LogP contribution >= 0.6 is 0 Å². The molecule has 1 aromatic heterocycles. The Bertz CT molecular complexity index is 955. The molecule has 0 radical (unpaired) electrons. The zero-order valence-corrected chi connectivity index (χ0v) is 15.7. The molecule has 2 aromatic carbocycles. The van der Waals surface area contributed by atoms with Crippen molar-refractivity contribution in [3.05, 3.63) is 83.7 Å². The van der Waals surface area contributed by atoms with Crippen LogP contribution in [-0.4, -0.2) is 15.7 Å². The lowest BCUT2D eigenvalue weighted by atomic mass is 10.0. The Labute approximate surface area is 166 Å². The SMILES string of the molecule is CCC(NC(=O)c1ccn(COc2cccc(C(F)(F)F)c2)n1)c1ccccc1. The molecule has 1 heterocycles. The molecule has 1 amide bonds. The van der Waals surface area contributed by atoms with Gasteiger partial charge in [0.1, 0.15) is 11.4 Å². The highest BCUT2D eigenvalue weighted by Crippen LogP contribution is 2.31. The van der Waals surface area contributed by atoms with Gasteiger partial charge in [-0.2, -0.15) is 18.3 Å². The van der Waals surface area contributed by atoms with Gasteiger partial charge in [-0.05, 0) is 36.2 Å². The lowest BCUT2D eigenvalue weighted by molar-refractivity contribution is -0.137. The first kappa shape index (κ1) is 20.4. The molecule has 0 aliphatic rings. The van der Waals surface area contributed by atoms with Gasteiger partial charge in [0, 0.05) is 6.20 Å². The first-order valence-corrected chi connectivity index (χ1v) is 9.06. The minimum atomic E-state index is -4.44. The number of aromatic nitrogens is 2. The Balaban J connectivity index is 1.61. The summed E-state index contributed by atoms with van der Waals surface area (Å²) in [7, 11) is 0. The highest BCUT2D eigenvalue weighted by Gasteiger charge is 2.30. The number of amides is 1. The third-order valence-electron chi connectivity index (χ3n) is 4.31. The minimum absolute atomic E-state index is 0.0662. The van der Waals surface area contributed by atoms with Crippen molar-refractivity contribution in [2.75, 3.05) is 0 Å². The van der Waals surface area contributed by atoms with E-state index in [4.69, 9.17) is 4.74 Å². The summed E-state index contributed by atoms with van der Waals surface area (Å²) in [6, 6.07) is 15.6. The quantitative estimate of drug-likeness (QED) is 0.615. The Morgan fingerprint density at radius 3 is 2.59 bits per heavy atom. The van der Waals surface area contributed by atoms with Crippen LogP contribution in [0.1, 0.15) is 41.0 Å². The summed E-state index contributed by atoms with van der Waals surface area (Å²) in [4.78, 5) is 12.5. The average Bonchev–Trinajstić information content (AvgIpc) is 3.20. The fraction of sp³-hybridized carbons (Fsp3) is 0.238. The lowest BCUT2D eigenvalue weighted by Crippen LogP contribution is -2.28. The molecule has 3 rings (SSSR count). The average molecular weight is 403 g/mol. The monoisotopic (exact) mass is 403 g/mol. The fourth-order valence-corrected chi connectivity index (χ4v) is 2.80. The number of carbonyl (C=O) groups is 1. The summed E-state index contributed by atoms with van der Waals surface area (Å²) in [5.41, 5.74) is 0.407. The lowest BCUT2D eigenvalue weighted by Gasteiger charge is -2.16. The number of nitrogens with zero attached hydrogens (tertiary/aromatic N) is 2. The van der Waals surface area contributed by atoms with E-state index >= 15 is 0 Å². The van der Waals surface area contributed by atoms with Gasteiger partial charge in [0.15, 0.2) is 6.73 Å². The van der Waals surface area contributed by atoms with Gasteiger partial charge >= 0.3 is 6.18 Å². The van der Waals surface area contributed by atoms with Crippen molar-refractivity contribution in [3.63, 3.8) is 0 Å². The number of alkyl halides is 3. The summed E-state index contributed by atoms with van der Waals surface area (Å²) in [6.07, 6.45) is -2.19. The second-order valence-electron chi connectivity index (χ2n) is 6.38. The van der Waals surface area contributed by atoms with E-state index in [1.54, 1.807) is 0 Å². The van der Waals surface area contributed by atoms with E-state index in [0.29, 0.717) is 0 Å². The molecule has 1 atom stereocenters. The van der Waals surface area contributed by atoms with E-state index in [9.17, 15) is 18.0 Å². The summed E-state index contributed by atoms with van der Waals surface area (Å²) in [5, 5.41) is 7.06. The normalized spacial score (nSPS) is 12.4. The Morgan fingerprint density at radius 2 is 1.90 bits per heavy atom. The van der Waals surface area contributed by atoms with Gasteiger partial charge < -0.3 is 10.1 Å². The van der Waals surface area contributed by atoms with Crippen molar-refractivity contribution in [2.45, 2.75) is 32.3 Å². The molecular formula is C21H20F3N3O2. The van der Waals surface area contributed by atoms with Gasteiger partial charge in [-0.1, -0.05) is 43.3 Å². The van der Waals surface area contributed by atoms with Gasteiger partial charge in [0.2, 0.25) is 0 Å². The number of nitrogens with one attached hydrogen (secondary N) is 1. The largest absolute Gasteiger partial charge is 0.471 e. The molecule has 0 saturated heterocycles. The number of benzene rings is 2. The number of rotatable bonds is 7. The number of halogens is 3. The highest BCUT2D eigenvalue weighted by atomic mass is 19.4. The van der Waals surface area contributed by atoms with Gasteiger partial charge in [-0.15, -0.1) is 0 Å². The first-order valence-electron chi connectivity index (χ1n) is 9.06. The summed E-state index contributed by atoms with van der Waals surface area (Å²) in [5.74, 6) is -0.269. The van der Waals surface area contributed by atoms with E-state index in [0.717, 1.165) is 24.1 Å². The molecule has 1 unspecified atom stereocenters. The zero-order chi connectivity index (χ0) is 20.9. The van der Waals surface area contributed by atoms with Gasteiger partial charge in [-0.3, -0.25) is 4.79 Å². The molecule has 0 saturated carbocycles. The molecule has 0 fully saturated rings. The predicted molar refractivity (Wildman–Crippen MR) is 101 cm³/mol. The zero-order valence-electron chi connectivity index (χ0n) is 15.7. The molecule has 0 bridgehead atoms. The second kappa shape index (κ2) is 8.81. The Hall–Kier alpha value is -3.29. The first-order chi connectivity index (χ1) is 13.9. The minimum Gasteiger partial charge on any atom is -0.471 e. The van der Waals surface area contributed by atoms with Crippen LogP contribution in [0.15, 0.2) is 66.9 Å². The van der Waals surface area contributed by atoms with Crippen molar-refractivity contribution in [1.29, 1.82) is 0 Å². The van der Waals surface area contributed by atoms with Crippen molar-refractivity contribution >= 4 is 5.91 Å². The predicted octanol–water partition coefficient (Wildman–Crippen LogP) is 4.82. The number of carbonyl (C=O) groups excluding carboxylic acids is 1. The molecule has 3 aromatic rings. The molecule has 0 aliphatic heterocycles. The molecule has 1 N–H and O–H groups in total. The molecule has 8 heteroatoms. The summed E-state index contributed by atoms with van der Waals surface area (Å²) < 4.78 is 45.0. The van der Waals surface area contributed by atoms with Crippen molar-refractivity contribution in [3.8, 4) is 5.75 Å². The second-order valence-corrected chi connectivity index (χ2v) is 6.38.